The van der Waals surface area contributed by atoms with Crippen molar-refractivity contribution < 1.29 is 38.6 Å². The fourth-order valence-electron chi connectivity index (χ4n) is 6.78. The van der Waals surface area contributed by atoms with Crippen LogP contribution in [0.3, 0.4) is 0 Å². The van der Waals surface area contributed by atoms with E-state index in [0.717, 1.165) is 22.0 Å². The van der Waals surface area contributed by atoms with Crippen molar-refractivity contribution in [3.63, 3.8) is 0 Å². The van der Waals surface area contributed by atoms with E-state index >= 15 is 0 Å². The van der Waals surface area contributed by atoms with E-state index < -0.39 is 71.5 Å². The lowest BCUT2D eigenvalue weighted by molar-refractivity contribution is -0.142. The Balaban J connectivity index is 1.58. The van der Waals surface area contributed by atoms with Gasteiger partial charge in [-0.1, -0.05) is 107 Å². The number of carboxylic acid groups (broad SMARTS) is 1. The smallest absolute Gasteiger partial charge is 0.408 e. The topological polar surface area (TPSA) is 208 Å². The molecular weight excluding hydrogens is 765 g/mol. The lowest BCUT2D eigenvalue weighted by Crippen LogP contribution is -2.60. The first-order chi connectivity index (χ1) is 28.4. The fraction of sp³-hybridized carbons (Fsp3) is 0.435. The molecule has 7 N–H and O–H groups in total. The quantitative estimate of drug-likeness (QED) is 0.0629. The lowest BCUT2D eigenvalue weighted by atomic mass is 9.98. The largest absolute Gasteiger partial charge is 0.480 e. The molecular formula is C46H60N6O8. The molecule has 14 nitrogen and oxygen atoms in total. The first-order valence-corrected chi connectivity index (χ1v) is 20.4. The van der Waals surface area contributed by atoms with Gasteiger partial charge in [-0.2, -0.15) is 0 Å². The Kier molecular flexibility index (Phi) is 16.8. The monoisotopic (exact) mass is 824 g/mol. The summed E-state index contributed by atoms with van der Waals surface area (Å²) in [5.41, 5.74) is 2.22. The molecule has 0 spiro atoms. The van der Waals surface area contributed by atoms with Crippen molar-refractivity contribution in [2.45, 2.75) is 116 Å². The zero-order valence-electron chi connectivity index (χ0n) is 35.5. The van der Waals surface area contributed by atoms with Crippen LogP contribution in [-0.2, 0) is 48.0 Å². The number of para-hydroxylation sites is 1. The van der Waals surface area contributed by atoms with Crippen LogP contribution in [0.4, 0.5) is 4.79 Å². The van der Waals surface area contributed by atoms with Gasteiger partial charge in [-0.05, 0) is 68.2 Å². The first kappa shape index (κ1) is 46.5. The second kappa shape index (κ2) is 21.7. The van der Waals surface area contributed by atoms with Crippen LogP contribution >= 0.6 is 0 Å². The number of H-pyrrole nitrogens is 1. The first-order valence-electron chi connectivity index (χ1n) is 20.4. The fourth-order valence-corrected chi connectivity index (χ4v) is 6.78. The van der Waals surface area contributed by atoms with E-state index in [1.807, 2.05) is 64.1 Å². The Hall–Kier alpha value is -6.18. The number of carbonyl (C=O) groups is 6. The van der Waals surface area contributed by atoms with Crippen LogP contribution < -0.4 is 26.6 Å². The molecule has 0 saturated carbocycles. The highest BCUT2D eigenvalue weighted by Gasteiger charge is 2.34. The Bertz CT molecular complexity index is 2060. The molecule has 4 rings (SSSR count). The van der Waals surface area contributed by atoms with Crippen LogP contribution in [-0.4, -0.2) is 81.6 Å². The minimum absolute atomic E-state index is 0.0375. The van der Waals surface area contributed by atoms with E-state index in [2.05, 4.69) is 31.6 Å². The highest BCUT2D eigenvalue weighted by Crippen LogP contribution is 2.20. The van der Waals surface area contributed by atoms with Gasteiger partial charge in [0.15, 0.2) is 0 Å². The van der Waals surface area contributed by atoms with Crippen molar-refractivity contribution in [2.24, 2.45) is 11.8 Å². The number of hydrogen-bond donors (Lipinski definition) is 7. The third kappa shape index (κ3) is 14.9. The molecule has 5 atom stereocenters. The van der Waals surface area contributed by atoms with Crippen molar-refractivity contribution in [3.05, 3.63) is 108 Å². The van der Waals surface area contributed by atoms with Gasteiger partial charge in [0, 0.05) is 36.4 Å². The SMILES string of the molecule is CC(C)C[C@@H](NC(=O)[C@H](Cc1ccccc1)NC(=O)[C@@H](CC(C)C)NC(=O)[C@H](Cc1c[nH]c2ccccc12)NC(=O)OC(C)(C)C)C(=O)N[C@@H](Cc1ccccc1)C(=O)O. The molecule has 1 heterocycles. The number of aliphatic carboxylic acids is 1. The molecule has 5 amide bonds. The summed E-state index contributed by atoms with van der Waals surface area (Å²) in [7, 11) is 0. The van der Waals surface area contributed by atoms with Crippen LogP contribution in [0.15, 0.2) is 91.1 Å². The molecule has 3 aromatic carbocycles. The molecule has 60 heavy (non-hydrogen) atoms. The molecule has 0 saturated heterocycles. The van der Waals surface area contributed by atoms with E-state index in [1.54, 1.807) is 75.5 Å². The third-order valence-corrected chi connectivity index (χ3v) is 9.60. The highest BCUT2D eigenvalue weighted by molar-refractivity contribution is 5.96. The number of alkyl carbamates (subject to hydrolysis) is 1. The van der Waals surface area contributed by atoms with E-state index in [-0.39, 0.29) is 43.9 Å². The van der Waals surface area contributed by atoms with Crippen LogP contribution in [0.2, 0.25) is 0 Å². The molecule has 1 aromatic heterocycles. The number of fused-ring (bicyclic) bond motifs is 1. The Morgan fingerprint density at radius 2 is 0.983 bits per heavy atom. The number of carbonyl (C=O) groups excluding carboxylic acids is 5. The summed E-state index contributed by atoms with van der Waals surface area (Å²) in [6.45, 7) is 12.7. The maximum absolute atomic E-state index is 14.3. The summed E-state index contributed by atoms with van der Waals surface area (Å²) in [5.74, 6) is -3.99. The van der Waals surface area contributed by atoms with Gasteiger partial charge in [0.05, 0.1) is 0 Å². The van der Waals surface area contributed by atoms with Crippen LogP contribution in [0.5, 0.6) is 0 Å². The van der Waals surface area contributed by atoms with E-state index in [9.17, 15) is 33.9 Å². The van der Waals surface area contributed by atoms with Crippen LogP contribution in [0.25, 0.3) is 10.9 Å². The van der Waals surface area contributed by atoms with Crippen molar-refractivity contribution in [2.75, 3.05) is 0 Å². The number of rotatable bonds is 20. The van der Waals surface area contributed by atoms with E-state index in [4.69, 9.17) is 4.74 Å². The standard InChI is InChI=1S/C46H60N6O8/c1-28(2)22-35(49-43(56)38(52-45(59)60-46(5,6)7)26-32-27-47-34-21-15-14-20-33(32)34)40(53)50-37(24-30-16-10-8-11-17-30)42(55)48-36(23-29(3)4)41(54)51-39(44(57)58)25-31-18-12-9-13-19-31/h8-21,27-29,35-39,47H,22-26H2,1-7H3,(H,48,55)(H,49,56)(H,50,53)(H,51,54)(H,52,59)(H,57,58)/t35-,36-,37+,38+,39+/m1/s1. The normalized spacial score (nSPS) is 14.0. The Labute approximate surface area is 352 Å². The number of ether oxygens (including phenoxy) is 1. The predicted octanol–water partition coefficient (Wildman–Crippen LogP) is 5.21. The number of nitrogens with one attached hydrogen (secondary N) is 6. The number of aromatic nitrogens is 1. The molecule has 0 unspecified atom stereocenters. The average molecular weight is 825 g/mol. The van der Waals surface area contributed by atoms with Gasteiger partial charge >= 0.3 is 12.1 Å². The molecule has 0 aliphatic carbocycles. The minimum Gasteiger partial charge on any atom is -0.480 e. The second-order valence-corrected chi connectivity index (χ2v) is 17.0. The van der Waals surface area contributed by atoms with E-state index in [1.165, 1.54) is 0 Å². The average Bonchev–Trinajstić information content (AvgIpc) is 3.58. The zero-order valence-corrected chi connectivity index (χ0v) is 35.5. The molecule has 0 fully saturated rings. The molecule has 0 aliphatic heterocycles. The number of hydrogen-bond acceptors (Lipinski definition) is 7. The summed E-state index contributed by atoms with van der Waals surface area (Å²) in [5, 5.41) is 24.6. The van der Waals surface area contributed by atoms with Gasteiger partial charge in [-0.3, -0.25) is 19.2 Å². The Morgan fingerprint density at radius 3 is 1.47 bits per heavy atom. The second-order valence-electron chi connectivity index (χ2n) is 17.0. The summed E-state index contributed by atoms with van der Waals surface area (Å²) in [4.78, 5) is 84.8. The molecule has 4 aromatic rings. The van der Waals surface area contributed by atoms with Gasteiger partial charge in [0.2, 0.25) is 23.6 Å². The predicted molar refractivity (Wildman–Crippen MR) is 230 cm³/mol. The maximum atomic E-state index is 14.3. The van der Waals surface area contributed by atoms with E-state index in [0.29, 0.717) is 5.56 Å². The molecule has 322 valence electrons. The zero-order chi connectivity index (χ0) is 44.0. The third-order valence-electron chi connectivity index (χ3n) is 9.60. The number of carboxylic acids is 1. The number of benzene rings is 3. The number of aromatic amines is 1. The molecule has 0 bridgehead atoms. The van der Waals surface area contributed by atoms with Crippen molar-refractivity contribution in [1.29, 1.82) is 0 Å². The molecule has 0 radical (unpaired) electrons. The summed E-state index contributed by atoms with van der Waals surface area (Å²) < 4.78 is 5.49. The van der Waals surface area contributed by atoms with Crippen molar-refractivity contribution in [1.82, 2.24) is 31.6 Å². The Morgan fingerprint density at radius 1 is 0.567 bits per heavy atom. The molecule has 14 heteroatoms. The van der Waals surface area contributed by atoms with Gasteiger partial charge in [0.25, 0.3) is 0 Å². The maximum Gasteiger partial charge on any atom is 0.408 e. The highest BCUT2D eigenvalue weighted by atomic mass is 16.6. The summed E-state index contributed by atoms with van der Waals surface area (Å²) in [6.07, 6.45) is 1.52. The minimum atomic E-state index is -1.25. The number of amides is 5. The summed E-state index contributed by atoms with van der Waals surface area (Å²) >= 11 is 0. The van der Waals surface area contributed by atoms with Gasteiger partial charge < -0.3 is 41.4 Å². The van der Waals surface area contributed by atoms with Crippen molar-refractivity contribution in [3.8, 4) is 0 Å². The van der Waals surface area contributed by atoms with Crippen LogP contribution in [0, 0.1) is 11.8 Å². The van der Waals surface area contributed by atoms with Gasteiger partial charge in [-0.25, -0.2) is 9.59 Å². The summed E-state index contributed by atoms with van der Waals surface area (Å²) in [6, 6.07) is 19.6. The van der Waals surface area contributed by atoms with Gasteiger partial charge in [0.1, 0.15) is 35.8 Å². The lowest BCUT2D eigenvalue weighted by Gasteiger charge is -2.28. The van der Waals surface area contributed by atoms with Gasteiger partial charge in [-0.15, -0.1) is 0 Å². The molecule has 0 aliphatic rings. The van der Waals surface area contributed by atoms with Crippen LogP contribution in [0.1, 0.15) is 78.0 Å². The van der Waals surface area contributed by atoms with Crippen molar-refractivity contribution >= 4 is 46.6 Å².